The number of carbonyl (C=O) groups is 2. The fourth-order valence-electron chi connectivity index (χ4n) is 5.32. The Morgan fingerprint density at radius 2 is 1.88 bits per heavy atom. The van der Waals surface area contributed by atoms with Gasteiger partial charge in [0.1, 0.15) is 11.9 Å². The van der Waals surface area contributed by atoms with E-state index in [-0.39, 0.29) is 30.6 Å². The van der Waals surface area contributed by atoms with E-state index in [1.165, 1.54) is 24.2 Å². The zero-order valence-corrected chi connectivity index (χ0v) is 14.6. The molecule has 1 aromatic heterocycles. The number of urea groups is 1. The molecule has 1 aromatic rings. The summed E-state index contributed by atoms with van der Waals surface area (Å²) in [5.41, 5.74) is 0. The highest BCUT2D eigenvalue weighted by Gasteiger charge is 2.55. The number of amides is 3. The molecular weight excluding hydrogens is 318 g/mol. The van der Waals surface area contributed by atoms with Gasteiger partial charge in [-0.05, 0) is 38.0 Å². The molecule has 0 N–H and O–H groups in total. The lowest BCUT2D eigenvalue weighted by molar-refractivity contribution is -0.128. The lowest BCUT2D eigenvalue weighted by Gasteiger charge is -2.30. The quantitative estimate of drug-likeness (QED) is 0.771. The number of aromatic nitrogens is 3. The molecule has 5 rings (SSSR count). The minimum absolute atomic E-state index is 0.0228. The van der Waals surface area contributed by atoms with Gasteiger partial charge < -0.3 is 9.47 Å². The number of carbonyl (C=O) groups excluding carboxylic acids is 2. The van der Waals surface area contributed by atoms with Crippen LogP contribution in [0.1, 0.15) is 63.0 Å². The van der Waals surface area contributed by atoms with Gasteiger partial charge in [-0.3, -0.25) is 9.69 Å². The number of rotatable bonds is 2. The third kappa shape index (κ3) is 2.31. The molecule has 3 aliphatic heterocycles. The molecule has 3 fully saturated rings. The van der Waals surface area contributed by atoms with Crippen LogP contribution >= 0.6 is 0 Å². The number of imide groups is 1. The monoisotopic (exact) mass is 343 g/mol. The zero-order valence-electron chi connectivity index (χ0n) is 14.6. The first-order valence-corrected chi connectivity index (χ1v) is 9.78. The molecule has 1 saturated carbocycles. The van der Waals surface area contributed by atoms with Crippen LogP contribution in [0.25, 0.3) is 0 Å². The molecule has 0 unspecified atom stereocenters. The fraction of sp³-hybridized carbons (Fsp3) is 0.778. The van der Waals surface area contributed by atoms with E-state index < -0.39 is 0 Å². The van der Waals surface area contributed by atoms with Crippen molar-refractivity contribution in [3.8, 4) is 0 Å². The van der Waals surface area contributed by atoms with Crippen LogP contribution < -0.4 is 0 Å². The molecule has 7 nitrogen and oxygen atoms in total. The zero-order chi connectivity index (χ0) is 17.0. The van der Waals surface area contributed by atoms with E-state index in [9.17, 15) is 9.59 Å². The second kappa shape index (κ2) is 5.81. The Morgan fingerprint density at radius 1 is 1.00 bits per heavy atom. The van der Waals surface area contributed by atoms with Crippen molar-refractivity contribution >= 4 is 11.9 Å². The Kier molecular flexibility index (Phi) is 3.57. The lowest BCUT2D eigenvalue weighted by Crippen LogP contribution is -2.41. The predicted molar refractivity (Wildman–Crippen MR) is 89.5 cm³/mol. The van der Waals surface area contributed by atoms with Gasteiger partial charge in [-0.25, -0.2) is 4.79 Å². The summed E-state index contributed by atoms with van der Waals surface area (Å²) in [7, 11) is 0. The summed E-state index contributed by atoms with van der Waals surface area (Å²) in [4.78, 5) is 29.2. The van der Waals surface area contributed by atoms with Crippen molar-refractivity contribution in [2.24, 2.45) is 5.92 Å². The number of nitrogens with zero attached hydrogens (tertiary/aromatic N) is 5. The number of hydrogen-bond acceptors (Lipinski definition) is 4. The summed E-state index contributed by atoms with van der Waals surface area (Å²) >= 11 is 0. The summed E-state index contributed by atoms with van der Waals surface area (Å²) in [6.07, 6.45) is 9.85. The molecule has 4 heterocycles. The SMILES string of the molecule is O=C1[C@@H]2C[C@@H]3CCCC[C@@H]3N2C(=O)N1Cc1nnc2n1CCCCC2. The summed E-state index contributed by atoms with van der Waals surface area (Å²) < 4.78 is 2.13. The van der Waals surface area contributed by atoms with Gasteiger partial charge in [-0.1, -0.05) is 19.3 Å². The van der Waals surface area contributed by atoms with Crippen molar-refractivity contribution < 1.29 is 9.59 Å². The Balaban J connectivity index is 1.38. The van der Waals surface area contributed by atoms with E-state index in [1.807, 2.05) is 4.90 Å². The van der Waals surface area contributed by atoms with Gasteiger partial charge in [0.2, 0.25) is 0 Å². The van der Waals surface area contributed by atoms with Crippen molar-refractivity contribution in [2.75, 3.05) is 0 Å². The normalized spacial score (nSPS) is 31.8. The molecule has 0 radical (unpaired) electrons. The van der Waals surface area contributed by atoms with Crippen molar-refractivity contribution in [1.82, 2.24) is 24.6 Å². The van der Waals surface area contributed by atoms with Crippen molar-refractivity contribution in [3.05, 3.63) is 11.6 Å². The standard InChI is InChI=1S/C18H25N5O2/c24-17-14-10-12-6-3-4-7-13(12)23(14)18(25)22(17)11-16-20-19-15-8-2-1-5-9-21(15)16/h12-14H,1-11H2/t12-,13-,14-/m0/s1. The molecule has 3 amide bonds. The maximum atomic E-state index is 13.0. The highest BCUT2D eigenvalue weighted by molar-refractivity contribution is 6.04. The van der Waals surface area contributed by atoms with Crippen LogP contribution in [0.3, 0.4) is 0 Å². The van der Waals surface area contributed by atoms with Gasteiger partial charge in [0.05, 0.1) is 6.54 Å². The molecule has 0 bridgehead atoms. The van der Waals surface area contributed by atoms with Crippen LogP contribution in [-0.2, 0) is 24.3 Å². The average molecular weight is 343 g/mol. The van der Waals surface area contributed by atoms with Gasteiger partial charge in [-0.2, -0.15) is 0 Å². The third-order valence-electron chi connectivity index (χ3n) is 6.58. The van der Waals surface area contributed by atoms with E-state index in [0.717, 1.165) is 56.7 Å². The summed E-state index contributed by atoms with van der Waals surface area (Å²) in [5.74, 6) is 2.27. The molecule has 134 valence electrons. The largest absolute Gasteiger partial charge is 0.328 e. The predicted octanol–water partition coefficient (Wildman–Crippen LogP) is 2.10. The van der Waals surface area contributed by atoms with Gasteiger partial charge >= 0.3 is 6.03 Å². The molecule has 7 heteroatoms. The van der Waals surface area contributed by atoms with Gasteiger partial charge in [0, 0.05) is 19.0 Å². The Morgan fingerprint density at radius 3 is 2.80 bits per heavy atom. The summed E-state index contributed by atoms with van der Waals surface area (Å²) in [6, 6.07) is -0.0572. The van der Waals surface area contributed by atoms with E-state index in [0.29, 0.717) is 5.92 Å². The molecule has 3 atom stereocenters. The second-order valence-corrected chi connectivity index (χ2v) is 7.97. The highest BCUT2D eigenvalue weighted by Crippen LogP contribution is 2.43. The van der Waals surface area contributed by atoms with E-state index in [4.69, 9.17) is 0 Å². The smallest absolute Gasteiger partial charge is 0.313 e. The van der Waals surface area contributed by atoms with Crippen LogP contribution in [0.5, 0.6) is 0 Å². The van der Waals surface area contributed by atoms with E-state index in [2.05, 4.69) is 14.8 Å². The maximum Gasteiger partial charge on any atom is 0.328 e. The van der Waals surface area contributed by atoms with Crippen molar-refractivity contribution in [3.63, 3.8) is 0 Å². The minimum atomic E-state index is -0.230. The second-order valence-electron chi connectivity index (χ2n) is 7.97. The van der Waals surface area contributed by atoms with Crippen molar-refractivity contribution in [2.45, 2.75) is 83.0 Å². The lowest BCUT2D eigenvalue weighted by atomic mass is 9.84. The van der Waals surface area contributed by atoms with Crippen LogP contribution in [0.2, 0.25) is 0 Å². The van der Waals surface area contributed by atoms with Crippen LogP contribution in [-0.4, -0.2) is 48.6 Å². The molecule has 25 heavy (non-hydrogen) atoms. The molecule has 0 spiro atoms. The van der Waals surface area contributed by atoms with Gasteiger partial charge in [0.25, 0.3) is 5.91 Å². The van der Waals surface area contributed by atoms with Crippen LogP contribution in [0.15, 0.2) is 0 Å². The van der Waals surface area contributed by atoms with E-state index >= 15 is 0 Å². The molecule has 2 saturated heterocycles. The first-order chi connectivity index (χ1) is 12.2. The van der Waals surface area contributed by atoms with Crippen LogP contribution in [0, 0.1) is 5.92 Å². The minimum Gasteiger partial charge on any atom is -0.313 e. The van der Waals surface area contributed by atoms with Crippen LogP contribution in [0.4, 0.5) is 4.79 Å². The Bertz CT molecular complexity index is 714. The van der Waals surface area contributed by atoms with Crippen molar-refractivity contribution in [1.29, 1.82) is 0 Å². The highest BCUT2D eigenvalue weighted by atomic mass is 16.2. The summed E-state index contributed by atoms with van der Waals surface area (Å²) in [5, 5.41) is 8.59. The molecule has 4 aliphatic rings. The van der Waals surface area contributed by atoms with Gasteiger partial charge in [0.15, 0.2) is 5.82 Å². The average Bonchev–Trinajstić information content (AvgIpc) is 3.19. The fourth-order valence-corrected chi connectivity index (χ4v) is 5.32. The third-order valence-corrected chi connectivity index (χ3v) is 6.58. The molecule has 0 aromatic carbocycles. The topological polar surface area (TPSA) is 71.3 Å². The summed E-state index contributed by atoms with van der Waals surface area (Å²) in [6.45, 7) is 1.17. The number of hydrogen-bond donors (Lipinski definition) is 0. The number of aryl methyl sites for hydroxylation is 1. The Hall–Kier alpha value is -1.92. The van der Waals surface area contributed by atoms with E-state index in [1.54, 1.807) is 0 Å². The first kappa shape index (κ1) is 15.3. The molecule has 1 aliphatic carbocycles. The first-order valence-electron chi connectivity index (χ1n) is 9.78. The number of fused-ring (bicyclic) bond motifs is 4. The Labute approximate surface area is 147 Å². The maximum absolute atomic E-state index is 13.0. The van der Waals surface area contributed by atoms with Gasteiger partial charge in [-0.15, -0.1) is 10.2 Å². The molecular formula is C18H25N5O2.